The molecule has 0 spiro atoms. The number of anilines is 1. The van der Waals surface area contributed by atoms with E-state index in [1.807, 2.05) is 5.32 Å². The first-order valence-corrected chi connectivity index (χ1v) is 12.0. The molecule has 38 heavy (non-hydrogen) atoms. The molecule has 0 unspecified atom stereocenters. The van der Waals surface area contributed by atoms with Crippen LogP contribution >= 0.6 is 0 Å². The molecule has 2 aliphatic rings. The zero-order valence-corrected chi connectivity index (χ0v) is 20.8. The first-order valence-electron chi connectivity index (χ1n) is 12.0. The summed E-state index contributed by atoms with van der Waals surface area (Å²) in [4.78, 5) is 39.5. The van der Waals surface area contributed by atoms with Crippen molar-refractivity contribution in [1.82, 2.24) is 10.2 Å². The number of amides is 3. The van der Waals surface area contributed by atoms with Crippen LogP contribution in [-0.2, 0) is 9.53 Å². The van der Waals surface area contributed by atoms with Crippen LogP contribution in [0.3, 0.4) is 0 Å². The molecule has 0 radical (unpaired) electrons. The van der Waals surface area contributed by atoms with Crippen LogP contribution < -0.4 is 20.1 Å². The SMILES string of the molecule is COc1cccc(C(=O)Nc2ccc3c(c2)C(=O)N(C)[C@H]2CC[C@H](CC(=O)NCC(F)(F)F)O[C@H]2CO3)c1. The predicted molar refractivity (Wildman–Crippen MR) is 130 cm³/mol. The number of hydrogen-bond donors (Lipinski definition) is 2. The second-order valence-electron chi connectivity index (χ2n) is 9.16. The van der Waals surface area contributed by atoms with Gasteiger partial charge in [0.15, 0.2) is 0 Å². The quantitative estimate of drug-likeness (QED) is 0.588. The normalized spacial score (nSPS) is 21.2. The highest BCUT2D eigenvalue weighted by Gasteiger charge is 2.39. The number of nitrogens with one attached hydrogen (secondary N) is 2. The number of rotatable bonds is 6. The number of halogens is 3. The van der Waals surface area contributed by atoms with E-state index in [4.69, 9.17) is 14.2 Å². The molecule has 0 aromatic heterocycles. The van der Waals surface area contributed by atoms with Crippen LogP contribution in [0.1, 0.15) is 40.0 Å². The van der Waals surface area contributed by atoms with Gasteiger partial charge in [-0.15, -0.1) is 0 Å². The third-order valence-electron chi connectivity index (χ3n) is 6.50. The second kappa shape index (κ2) is 11.3. The topological polar surface area (TPSA) is 106 Å². The molecule has 12 heteroatoms. The van der Waals surface area contributed by atoms with Crippen molar-refractivity contribution in [2.45, 2.75) is 43.7 Å². The zero-order chi connectivity index (χ0) is 27.4. The molecule has 2 N–H and O–H groups in total. The van der Waals surface area contributed by atoms with Gasteiger partial charge in [0.2, 0.25) is 5.91 Å². The van der Waals surface area contributed by atoms with Gasteiger partial charge in [-0.2, -0.15) is 13.2 Å². The molecule has 0 aliphatic carbocycles. The van der Waals surface area contributed by atoms with Gasteiger partial charge in [0, 0.05) is 18.3 Å². The summed E-state index contributed by atoms with van der Waals surface area (Å²) in [6, 6.07) is 11.0. The summed E-state index contributed by atoms with van der Waals surface area (Å²) >= 11 is 0. The predicted octanol–water partition coefficient (Wildman–Crippen LogP) is 3.40. The van der Waals surface area contributed by atoms with E-state index in [0.717, 1.165) is 0 Å². The van der Waals surface area contributed by atoms with Crippen molar-refractivity contribution in [2.75, 3.05) is 32.6 Å². The van der Waals surface area contributed by atoms with E-state index < -0.39 is 30.8 Å². The maximum absolute atomic E-state index is 13.4. The first kappa shape index (κ1) is 27.2. The number of ether oxygens (including phenoxy) is 3. The van der Waals surface area contributed by atoms with Gasteiger partial charge in [-0.05, 0) is 49.2 Å². The molecule has 9 nitrogen and oxygen atoms in total. The summed E-state index contributed by atoms with van der Waals surface area (Å²) in [7, 11) is 3.14. The largest absolute Gasteiger partial charge is 0.497 e. The summed E-state index contributed by atoms with van der Waals surface area (Å²) < 4.78 is 54.1. The molecule has 2 aromatic rings. The van der Waals surface area contributed by atoms with Crippen molar-refractivity contribution >= 4 is 23.4 Å². The Kier molecular flexibility index (Phi) is 8.10. The first-order chi connectivity index (χ1) is 18.0. The monoisotopic (exact) mass is 535 g/mol. The highest BCUT2D eigenvalue weighted by molar-refractivity contribution is 6.05. The number of carbonyl (C=O) groups is 3. The zero-order valence-electron chi connectivity index (χ0n) is 20.8. The molecule has 2 aliphatic heterocycles. The Labute approximate surface area is 217 Å². The average molecular weight is 536 g/mol. The summed E-state index contributed by atoms with van der Waals surface area (Å²) in [5.74, 6) is -0.627. The number of alkyl halides is 3. The molecule has 2 aromatic carbocycles. The van der Waals surface area contributed by atoms with Crippen molar-refractivity contribution in [1.29, 1.82) is 0 Å². The number of fused-ring (bicyclic) bond motifs is 2. The van der Waals surface area contributed by atoms with Crippen molar-refractivity contribution in [3.63, 3.8) is 0 Å². The molecule has 0 saturated carbocycles. The lowest BCUT2D eigenvalue weighted by Gasteiger charge is -2.42. The van der Waals surface area contributed by atoms with Gasteiger partial charge in [0.05, 0.1) is 31.2 Å². The minimum atomic E-state index is -4.49. The highest BCUT2D eigenvalue weighted by atomic mass is 19.4. The molecule has 4 rings (SSSR count). The Bertz CT molecular complexity index is 1200. The van der Waals surface area contributed by atoms with E-state index in [2.05, 4.69) is 5.32 Å². The lowest BCUT2D eigenvalue weighted by atomic mass is 9.94. The van der Waals surface area contributed by atoms with Gasteiger partial charge >= 0.3 is 6.18 Å². The summed E-state index contributed by atoms with van der Waals surface area (Å²) in [6.45, 7) is -1.32. The van der Waals surface area contributed by atoms with Gasteiger partial charge < -0.3 is 29.7 Å². The number of likely N-dealkylation sites (N-methyl/N-ethyl adjacent to an activating group) is 1. The number of benzene rings is 2. The fraction of sp³-hybridized carbons (Fsp3) is 0.423. The van der Waals surface area contributed by atoms with Crippen LogP contribution in [-0.4, -0.2) is 74.4 Å². The molecule has 1 saturated heterocycles. The molecular weight excluding hydrogens is 507 g/mol. The van der Waals surface area contributed by atoms with Crippen molar-refractivity contribution in [2.24, 2.45) is 0 Å². The summed E-state index contributed by atoms with van der Waals surface area (Å²) in [5, 5.41) is 4.63. The van der Waals surface area contributed by atoms with E-state index >= 15 is 0 Å². The summed E-state index contributed by atoms with van der Waals surface area (Å²) in [5.41, 5.74) is 1.06. The molecular formula is C26H28F3N3O6. The Morgan fingerprint density at radius 2 is 1.95 bits per heavy atom. The van der Waals surface area contributed by atoms with Crippen molar-refractivity contribution < 1.29 is 41.8 Å². The highest BCUT2D eigenvalue weighted by Crippen LogP contribution is 2.32. The fourth-order valence-electron chi connectivity index (χ4n) is 4.55. The number of carbonyl (C=O) groups excluding carboxylic acids is 3. The Morgan fingerprint density at radius 1 is 1.16 bits per heavy atom. The van der Waals surface area contributed by atoms with Crippen LogP contribution in [0, 0.1) is 0 Å². The maximum atomic E-state index is 13.4. The van der Waals surface area contributed by atoms with Gasteiger partial charge in [-0.25, -0.2) is 0 Å². The van der Waals surface area contributed by atoms with E-state index in [0.29, 0.717) is 35.6 Å². The molecule has 3 atom stereocenters. The molecule has 2 heterocycles. The Hall–Kier alpha value is -3.80. The van der Waals surface area contributed by atoms with Crippen LogP contribution in [0.25, 0.3) is 0 Å². The van der Waals surface area contributed by atoms with Crippen molar-refractivity contribution in [3.05, 3.63) is 53.6 Å². The lowest BCUT2D eigenvalue weighted by molar-refractivity contribution is -0.144. The molecule has 0 bridgehead atoms. The lowest BCUT2D eigenvalue weighted by Crippen LogP contribution is -2.54. The van der Waals surface area contributed by atoms with Crippen LogP contribution in [0.15, 0.2) is 42.5 Å². The molecule has 1 fully saturated rings. The number of hydrogen-bond acceptors (Lipinski definition) is 6. The average Bonchev–Trinajstić information content (AvgIpc) is 2.89. The minimum Gasteiger partial charge on any atom is -0.497 e. The molecule has 3 amide bonds. The third-order valence-corrected chi connectivity index (χ3v) is 6.50. The number of nitrogens with zero attached hydrogens (tertiary/aromatic N) is 1. The van der Waals surface area contributed by atoms with Gasteiger partial charge in [-0.1, -0.05) is 6.07 Å². The fourth-order valence-corrected chi connectivity index (χ4v) is 4.55. The van der Waals surface area contributed by atoms with Crippen LogP contribution in [0.4, 0.5) is 18.9 Å². The van der Waals surface area contributed by atoms with Crippen LogP contribution in [0.5, 0.6) is 11.5 Å². The van der Waals surface area contributed by atoms with Crippen LogP contribution in [0.2, 0.25) is 0 Å². The van der Waals surface area contributed by atoms with E-state index in [-0.39, 0.29) is 36.4 Å². The Balaban J connectivity index is 1.43. The van der Waals surface area contributed by atoms with Gasteiger partial charge in [0.1, 0.15) is 30.8 Å². The second-order valence-corrected chi connectivity index (χ2v) is 9.16. The number of methoxy groups -OCH3 is 1. The maximum Gasteiger partial charge on any atom is 0.405 e. The van der Waals surface area contributed by atoms with Gasteiger partial charge in [0.25, 0.3) is 11.8 Å². The van der Waals surface area contributed by atoms with E-state index in [1.165, 1.54) is 7.11 Å². The van der Waals surface area contributed by atoms with Gasteiger partial charge in [-0.3, -0.25) is 14.4 Å². The minimum absolute atomic E-state index is 0.0749. The van der Waals surface area contributed by atoms with Crippen molar-refractivity contribution in [3.8, 4) is 11.5 Å². The standard InChI is InChI=1S/C26H28F3N3O6/c1-32-20-8-7-18(12-23(33)30-14-26(27,28)29)38-22(20)13-37-21-9-6-16(11-19(21)25(32)35)31-24(34)15-4-3-5-17(10-15)36-2/h3-6,9-11,18,20,22H,7-8,12-14H2,1-2H3,(H,30,33)(H,31,34)/t18-,20+,22+/m1/s1. The molecule has 204 valence electrons. The smallest absolute Gasteiger partial charge is 0.405 e. The van der Waals surface area contributed by atoms with E-state index in [1.54, 1.807) is 54.4 Å². The third kappa shape index (κ3) is 6.55. The van der Waals surface area contributed by atoms with E-state index in [9.17, 15) is 27.6 Å². The summed E-state index contributed by atoms with van der Waals surface area (Å²) in [6.07, 6.45) is -5.00. The Morgan fingerprint density at radius 3 is 2.68 bits per heavy atom.